The van der Waals surface area contributed by atoms with Gasteiger partial charge in [-0.15, -0.1) is 0 Å². The Morgan fingerprint density at radius 1 is 0.682 bits per heavy atom. The van der Waals surface area contributed by atoms with Gasteiger partial charge in [0.1, 0.15) is 0 Å². The van der Waals surface area contributed by atoms with Crippen LogP contribution in [-0.4, -0.2) is 48.0 Å². The van der Waals surface area contributed by atoms with Crippen molar-refractivity contribution in [3.05, 3.63) is 0 Å². The summed E-state index contributed by atoms with van der Waals surface area (Å²) in [5, 5.41) is 3.72. The maximum atomic E-state index is 4.73. The van der Waals surface area contributed by atoms with Gasteiger partial charge in [-0.1, -0.05) is 0 Å². The number of hydrogen-bond acceptors (Lipinski definition) is 1. The minimum absolute atomic E-state index is 0.166. The van der Waals surface area contributed by atoms with Gasteiger partial charge in [0.25, 0.3) is 0 Å². The molecule has 22 heavy (non-hydrogen) atoms. The van der Waals surface area contributed by atoms with Crippen LogP contribution in [0.5, 0.6) is 0 Å². The fraction of sp³-hybridized carbons (Fsp3) is 1.00. The van der Waals surface area contributed by atoms with Crippen molar-refractivity contribution in [3.8, 4) is 0 Å². The van der Waals surface area contributed by atoms with Gasteiger partial charge in [-0.05, 0) is 55.4 Å². The molecule has 0 bridgehead atoms. The summed E-state index contributed by atoms with van der Waals surface area (Å²) in [6.07, 6.45) is 2.87. The fourth-order valence-electron chi connectivity index (χ4n) is 3.08. The van der Waals surface area contributed by atoms with Crippen LogP contribution in [0.4, 0.5) is 0 Å². The summed E-state index contributed by atoms with van der Waals surface area (Å²) in [6.45, 7) is 21.8. The Bertz CT molecular complexity index is 204. The van der Waals surface area contributed by atoms with E-state index < -0.39 is 0 Å². The first-order valence-electron chi connectivity index (χ1n) is 8.44. The van der Waals surface area contributed by atoms with Gasteiger partial charge in [0.05, 0.1) is 35.0 Å². The van der Waals surface area contributed by atoms with Gasteiger partial charge in [0.15, 0.2) is 0 Å². The van der Waals surface area contributed by atoms with Crippen molar-refractivity contribution >= 4 is 36.1 Å². The summed E-state index contributed by atoms with van der Waals surface area (Å²) < 4.78 is 0. The average Bonchev–Trinajstić information content (AvgIpc) is 2.36. The Labute approximate surface area is 157 Å². The van der Waals surface area contributed by atoms with Crippen molar-refractivity contribution < 1.29 is 12.9 Å². The van der Waals surface area contributed by atoms with E-state index in [1.54, 1.807) is 0 Å². The first-order valence-corrected chi connectivity index (χ1v) is 15.0. The van der Waals surface area contributed by atoms with Crippen molar-refractivity contribution in [2.45, 2.75) is 78.0 Å². The first-order chi connectivity index (χ1) is 10.2. The number of nitrogens with one attached hydrogen (secondary N) is 1. The molecule has 6 heteroatoms. The zero-order valence-corrected chi connectivity index (χ0v) is 20.3. The van der Waals surface area contributed by atoms with Crippen LogP contribution >= 0.6 is 36.1 Å². The predicted octanol–water partition coefficient (Wildman–Crippen LogP) is 6.01. The summed E-state index contributed by atoms with van der Waals surface area (Å²) >= 11 is 0.382. The molecule has 0 radical (unpaired) electrons. The van der Waals surface area contributed by atoms with Crippen LogP contribution in [0, 0.1) is 0 Å². The van der Waals surface area contributed by atoms with E-state index in [1.165, 1.54) is 25.4 Å². The quantitative estimate of drug-likeness (QED) is 0.326. The van der Waals surface area contributed by atoms with Crippen LogP contribution in [0.25, 0.3) is 0 Å². The standard InChI is InChI=1S/C16H37NP2.2ClH.Co/c1-13(2)18(14(3)4)11-9-17-10-12-19(15(5)6)16(7)8;;;/h13-17H,9-12H2,1-8H3;2*1H;/q;;;+3. The van der Waals surface area contributed by atoms with Crippen molar-refractivity contribution in [1.29, 1.82) is 0 Å². The zero-order valence-electron chi connectivity index (χ0n) is 15.7. The second-order valence-corrected chi connectivity index (χ2v) is 16.7. The summed E-state index contributed by atoms with van der Waals surface area (Å²) in [5.74, 6) is 0. The van der Waals surface area contributed by atoms with Gasteiger partial charge in [-0.3, -0.25) is 0 Å². The molecule has 0 aromatic carbocycles. The van der Waals surface area contributed by atoms with Crippen LogP contribution in [0.1, 0.15) is 55.4 Å². The zero-order chi connectivity index (χ0) is 17.7. The molecule has 0 aromatic rings. The molecule has 0 aliphatic carbocycles. The fourth-order valence-corrected chi connectivity index (χ4v) is 8.99. The molecule has 0 unspecified atom stereocenters. The molecular formula is C16H39Cl2CoNP2+3. The summed E-state index contributed by atoms with van der Waals surface area (Å²) in [5.41, 5.74) is 3.66. The SMILES string of the molecule is CC(C)[PH+](CCNCC[PH+](C(C)C)C(C)C)C(C)C.[Cl][Co+][Cl]. The van der Waals surface area contributed by atoms with E-state index in [2.05, 4.69) is 60.7 Å². The molecule has 0 aliphatic heterocycles. The van der Waals surface area contributed by atoms with Crippen LogP contribution in [0.15, 0.2) is 0 Å². The van der Waals surface area contributed by atoms with Crippen molar-refractivity contribution in [1.82, 2.24) is 5.32 Å². The third kappa shape index (κ3) is 14.3. The molecule has 1 N–H and O–H groups in total. The molecule has 0 aliphatic rings. The summed E-state index contributed by atoms with van der Waals surface area (Å²) in [4.78, 5) is 0. The number of halogens is 2. The third-order valence-corrected chi connectivity index (χ3v) is 11.7. The number of hydrogen-bond donors (Lipinski definition) is 1. The molecule has 0 aromatic heterocycles. The summed E-state index contributed by atoms with van der Waals surface area (Å²) in [6, 6.07) is 0. The predicted molar refractivity (Wildman–Crippen MR) is 111 cm³/mol. The van der Waals surface area contributed by atoms with E-state index in [-0.39, 0.29) is 15.8 Å². The summed E-state index contributed by atoms with van der Waals surface area (Å²) in [7, 11) is 9.13. The van der Waals surface area contributed by atoms with E-state index in [9.17, 15) is 0 Å². The van der Waals surface area contributed by atoms with Gasteiger partial charge in [-0.25, -0.2) is 0 Å². The second-order valence-electron chi connectivity index (χ2n) is 7.07. The van der Waals surface area contributed by atoms with E-state index in [4.69, 9.17) is 20.3 Å². The van der Waals surface area contributed by atoms with E-state index >= 15 is 0 Å². The topological polar surface area (TPSA) is 12.0 Å². The third-order valence-electron chi connectivity index (χ3n) is 4.15. The minimum atomic E-state index is -0.166. The van der Waals surface area contributed by atoms with Crippen LogP contribution in [0.3, 0.4) is 0 Å². The Morgan fingerprint density at radius 2 is 0.909 bits per heavy atom. The van der Waals surface area contributed by atoms with Gasteiger partial charge in [0, 0.05) is 28.9 Å². The molecule has 0 rings (SSSR count). The van der Waals surface area contributed by atoms with Crippen molar-refractivity contribution in [3.63, 3.8) is 0 Å². The monoisotopic (exact) mass is 436 g/mol. The molecule has 0 amide bonds. The Hall–Kier alpha value is 1.91. The molecule has 0 fully saturated rings. The van der Waals surface area contributed by atoms with Gasteiger partial charge in [0.2, 0.25) is 0 Å². The van der Waals surface area contributed by atoms with Gasteiger partial charge in [-0.2, -0.15) is 0 Å². The molecule has 1 nitrogen and oxygen atoms in total. The molecule has 0 spiro atoms. The van der Waals surface area contributed by atoms with Crippen molar-refractivity contribution in [2.24, 2.45) is 0 Å². The Balaban J connectivity index is 0. The first kappa shape index (κ1) is 26.1. The van der Waals surface area contributed by atoms with E-state index in [1.807, 2.05) is 0 Å². The average molecular weight is 437 g/mol. The van der Waals surface area contributed by atoms with Crippen LogP contribution < -0.4 is 5.32 Å². The van der Waals surface area contributed by atoms with E-state index in [0.29, 0.717) is 12.9 Å². The second kappa shape index (κ2) is 16.4. The van der Waals surface area contributed by atoms with Gasteiger partial charge < -0.3 is 5.32 Å². The normalized spacial score (nSPS) is 12.2. The Morgan fingerprint density at radius 3 is 1.09 bits per heavy atom. The number of rotatable bonds is 10. The Kier molecular flexibility index (Phi) is 19.5. The van der Waals surface area contributed by atoms with Crippen LogP contribution in [0.2, 0.25) is 0 Å². The molecule has 0 saturated carbocycles. The molecular weight excluding hydrogens is 398 g/mol. The van der Waals surface area contributed by atoms with Crippen molar-refractivity contribution in [2.75, 3.05) is 25.4 Å². The maximum absolute atomic E-state index is 4.73. The van der Waals surface area contributed by atoms with Crippen LogP contribution in [-0.2, 0) is 12.9 Å². The molecule has 138 valence electrons. The molecule has 0 saturated heterocycles. The molecule has 0 atom stereocenters. The molecule has 0 heterocycles. The van der Waals surface area contributed by atoms with Gasteiger partial charge >= 0.3 is 33.2 Å². The van der Waals surface area contributed by atoms with E-state index in [0.717, 1.165) is 22.6 Å².